The fourth-order valence-corrected chi connectivity index (χ4v) is 7.76. The van der Waals surface area contributed by atoms with Gasteiger partial charge in [0.05, 0.1) is 0 Å². The first-order chi connectivity index (χ1) is 5.07. The summed E-state index contributed by atoms with van der Waals surface area (Å²) in [4.78, 5) is 0. The smallest absolute Gasteiger partial charge is 0.0221 e. The molecule has 0 aromatic rings. The molecule has 0 fully saturated rings. The lowest BCUT2D eigenvalue weighted by molar-refractivity contribution is 0.795. The van der Waals surface area contributed by atoms with Gasteiger partial charge in [-0.25, -0.2) is 0 Å². The van der Waals surface area contributed by atoms with E-state index in [4.69, 9.17) is 22.4 Å². The molecule has 0 heterocycles. The molecule has 74 valence electrons. The molecule has 0 rings (SSSR count). The van der Waals surface area contributed by atoms with Gasteiger partial charge in [-0.1, -0.05) is 17.0 Å². The van der Waals surface area contributed by atoms with Gasteiger partial charge in [0.2, 0.25) is 0 Å². The van der Waals surface area contributed by atoms with Crippen LogP contribution in [0, 0.1) is 0 Å². The van der Waals surface area contributed by atoms with Crippen molar-refractivity contribution in [2.24, 2.45) is 0 Å². The van der Waals surface area contributed by atoms with E-state index in [0.29, 0.717) is 0 Å². The molecule has 0 spiro atoms. The van der Waals surface area contributed by atoms with Gasteiger partial charge in [-0.05, 0) is 63.9 Å². The topological polar surface area (TPSA) is 0 Å². The highest BCUT2D eigenvalue weighted by atomic mass is 33.5. The second-order valence-electron chi connectivity index (χ2n) is 4.69. The largest absolute Gasteiger partial charge is 0.0534 e. The van der Waals surface area contributed by atoms with Crippen LogP contribution in [-0.4, -0.2) is 9.49 Å². The van der Waals surface area contributed by atoms with Crippen molar-refractivity contribution in [2.45, 2.75) is 51.0 Å². The SMILES string of the molecule is CC(C)(C)S(=S)S(=S)C(C)(C)C. The van der Waals surface area contributed by atoms with Crippen LogP contribution in [0.5, 0.6) is 0 Å². The summed E-state index contributed by atoms with van der Waals surface area (Å²) in [6.45, 7) is 13.1. The fourth-order valence-electron chi connectivity index (χ4n) is 0.454. The van der Waals surface area contributed by atoms with Crippen LogP contribution in [0.3, 0.4) is 0 Å². The summed E-state index contributed by atoms with van der Waals surface area (Å²) in [5.41, 5.74) is 0. The van der Waals surface area contributed by atoms with Crippen molar-refractivity contribution in [3.63, 3.8) is 0 Å². The molecule has 0 aliphatic carbocycles. The molecule has 0 aliphatic heterocycles. The Balaban J connectivity index is 4.66. The molecule has 0 aliphatic rings. The van der Waals surface area contributed by atoms with E-state index in [0.717, 1.165) is 0 Å². The molecule has 12 heavy (non-hydrogen) atoms. The molecule has 0 saturated heterocycles. The molecule has 0 amide bonds. The Hall–Kier alpha value is 1.14. The average Bonchev–Trinajstić information content (AvgIpc) is 1.80. The van der Waals surface area contributed by atoms with Crippen LogP contribution < -0.4 is 0 Å². The maximum Gasteiger partial charge on any atom is 0.0221 e. The van der Waals surface area contributed by atoms with E-state index >= 15 is 0 Å². The molecule has 0 nitrogen and oxygen atoms in total. The molecule has 0 saturated carbocycles. The van der Waals surface area contributed by atoms with Gasteiger partial charge in [0.1, 0.15) is 0 Å². The van der Waals surface area contributed by atoms with Crippen LogP contribution in [0.1, 0.15) is 41.5 Å². The Bertz CT molecular complexity index is 180. The van der Waals surface area contributed by atoms with Gasteiger partial charge < -0.3 is 0 Å². The summed E-state index contributed by atoms with van der Waals surface area (Å²) in [5.74, 6) is 0. The Kier molecular flexibility index (Phi) is 4.50. The van der Waals surface area contributed by atoms with Crippen molar-refractivity contribution in [1.29, 1.82) is 0 Å². The second kappa shape index (κ2) is 4.11. The van der Waals surface area contributed by atoms with Gasteiger partial charge in [-0.3, -0.25) is 0 Å². The second-order valence-corrected chi connectivity index (χ2v) is 13.3. The minimum atomic E-state index is -0.0756. The molecule has 0 radical (unpaired) electrons. The van der Waals surface area contributed by atoms with E-state index in [2.05, 4.69) is 41.5 Å². The van der Waals surface area contributed by atoms with Gasteiger partial charge in [0.15, 0.2) is 0 Å². The lowest BCUT2D eigenvalue weighted by atomic mass is 10.3. The van der Waals surface area contributed by atoms with Crippen LogP contribution in [-0.2, 0) is 39.3 Å². The first-order valence-electron chi connectivity index (χ1n) is 3.91. The molecule has 0 bridgehead atoms. The van der Waals surface area contributed by atoms with Crippen LogP contribution >= 0.6 is 0 Å². The van der Waals surface area contributed by atoms with Crippen LogP contribution in [0.15, 0.2) is 0 Å². The third-order valence-electron chi connectivity index (χ3n) is 1.14. The van der Waals surface area contributed by atoms with Gasteiger partial charge in [-0.15, -0.1) is 0 Å². The zero-order chi connectivity index (χ0) is 10.2. The van der Waals surface area contributed by atoms with E-state index in [-0.39, 0.29) is 26.5 Å². The monoisotopic (exact) mass is 242 g/mol. The molecular weight excluding hydrogens is 224 g/mol. The summed E-state index contributed by atoms with van der Waals surface area (Å²) in [5, 5.41) is 0. The van der Waals surface area contributed by atoms with Crippen molar-refractivity contribution >= 4 is 39.3 Å². The average molecular weight is 242 g/mol. The van der Waals surface area contributed by atoms with E-state index in [9.17, 15) is 0 Å². The van der Waals surface area contributed by atoms with Crippen molar-refractivity contribution in [3.05, 3.63) is 0 Å². The third kappa shape index (κ3) is 3.90. The quantitative estimate of drug-likeness (QED) is 0.649. The van der Waals surface area contributed by atoms with Gasteiger partial charge in [0.25, 0.3) is 0 Å². The molecular formula is C8H18S4. The fraction of sp³-hybridized carbons (Fsp3) is 1.00. The summed E-state index contributed by atoms with van der Waals surface area (Å²) in [6, 6.07) is 0. The lowest BCUT2D eigenvalue weighted by Crippen LogP contribution is -2.32. The normalized spacial score (nSPS) is 18.8. The highest BCUT2D eigenvalue weighted by Crippen LogP contribution is 2.23. The summed E-state index contributed by atoms with van der Waals surface area (Å²) >= 11 is 11.0. The molecule has 2 atom stereocenters. The highest BCUT2D eigenvalue weighted by Gasteiger charge is 2.26. The van der Waals surface area contributed by atoms with E-state index < -0.39 is 0 Å². The first kappa shape index (κ1) is 13.1. The molecule has 0 aromatic heterocycles. The third-order valence-corrected chi connectivity index (χ3v) is 13.5. The summed E-state index contributed by atoms with van der Waals surface area (Å²) in [6.07, 6.45) is 0. The predicted molar refractivity (Wildman–Crippen MR) is 69.0 cm³/mol. The van der Waals surface area contributed by atoms with E-state index in [1.165, 1.54) is 0 Å². The zero-order valence-corrected chi connectivity index (χ0v) is 11.9. The predicted octanol–water partition coefficient (Wildman–Crippen LogP) is 2.66. The van der Waals surface area contributed by atoms with Crippen LogP contribution in [0.4, 0.5) is 0 Å². The number of hydrogen-bond donors (Lipinski definition) is 0. The lowest BCUT2D eigenvalue weighted by Gasteiger charge is -2.29. The standard InChI is InChI=1S/C8H18S4/c1-7(2,3)11(9)12(10)8(4,5)6/h1-6H3. The Labute approximate surface area is 90.1 Å². The molecule has 2 unspecified atom stereocenters. The Morgan fingerprint density at radius 3 is 0.917 bits per heavy atom. The molecule has 0 N–H and O–H groups in total. The minimum Gasteiger partial charge on any atom is -0.0534 e. The maximum atomic E-state index is 5.48. The maximum absolute atomic E-state index is 5.48. The van der Waals surface area contributed by atoms with Crippen LogP contribution in [0.2, 0.25) is 0 Å². The molecule has 0 aromatic carbocycles. The first-order valence-corrected chi connectivity index (χ1v) is 8.72. The van der Waals surface area contributed by atoms with Crippen molar-refractivity contribution < 1.29 is 0 Å². The van der Waals surface area contributed by atoms with E-state index in [1.54, 1.807) is 0 Å². The van der Waals surface area contributed by atoms with Gasteiger partial charge in [0, 0.05) is 9.49 Å². The minimum absolute atomic E-state index is 0.0756. The van der Waals surface area contributed by atoms with Gasteiger partial charge in [-0.2, -0.15) is 0 Å². The van der Waals surface area contributed by atoms with Crippen molar-refractivity contribution in [2.75, 3.05) is 0 Å². The van der Waals surface area contributed by atoms with Gasteiger partial charge >= 0.3 is 0 Å². The Morgan fingerprint density at radius 2 is 0.833 bits per heavy atom. The van der Waals surface area contributed by atoms with Crippen LogP contribution in [0.25, 0.3) is 0 Å². The zero-order valence-electron chi connectivity index (χ0n) is 8.63. The number of rotatable bonds is 1. The van der Waals surface area contributed by atoms with Crippen molar-refractivity contribution in [3.8, 4) is 0 Å². The number of hydrogen-bond acceptors (Lipinski definition) is 2. The molecule has 4 heteroatoms. The Morgan fingerprint density at radius 1 is 0.667 bits per heavy atom. The van der Waals surface area contributed by atoms with Crippen molar-refractivity contribution in [1.82, 2.24) is 0 Å². The summed E-state index contributed by atoms with van der Waals surface area (Å²) in [7, 11) is -0.151. The van der Waals surface area contributed by atoms with E-state index in [1.807, 2.05) is 0 Å². The summed E-state index contributed by atoms with van der Waals surface area (Å²) < 4.78 is 0.376. The highest BCUT2D eigenvalue weighted by molar-refractivity contribution is 8.87.